The van der Waals surface area contributed by atoms with Gasteiger partial charge in [-0.15, -0.1) is 0 Å². The molecule has 4 nitrogen and oxygen atoms in total. The largest absolute Gasteiger partial charge is 0.503 e. The van der Waals surface area contributed by atoms with Crippen molar-refractivity contribution in [1.82, 2.24) is 5.32 Å². The third-order valence-electron chi connectivity index (χ3n) is 1.94. The van der Waals surface area contributed by atoms with Gasteiger partial charge in [-0.25, -0.2) is 8.78 Å². The minimum absolute atomic E-state index is 0.183. The normalized spacial score (nSPS) is 12.3. The molecule has 7 heteroatoms. The summed E-state index contributed by atoms with van der Waals surface area (Å²) in [5, 5.41) is 19.8. The summed E-state index contributed by atoms with van der Waals surface area (Å²) in [6.45, 7) is 1.19. The maximum atomic E-state index is 13.2. The Balaban J connectivity index is 3.02. The van der Waals surface area contributed by atoms with E-state index in [-0.39, 0.29) is 6.54 Å². The standard InChI is InChI=1S/C10H10F3NO3/c1-4(15)3-14-10(17)5-2-6(11)8(13)9(16)7(5)12/h2,4,15-16H,3H2,1H3,(H,14,17)/t4-/m0/s1. The Bertz CT molecular complexity index is 449. The van der Waals surface area contributed by atoms with Gasteiger partial charge in [-0.05, 0) is 13.0 Å². The first-order valence-corrected chi connectivity index (χ1v) is 4.67. The Hall–Kier alpha value is -1.76. The summed E-state index contributed by atoms with van der Waals surface area (Å²) in [5.41, 5.74) is -0.831. The van der Waals surface area contributed by atoms with Crippen LogP contribution in [0.2, 0.25) is 0 Å². The summed E-state index contributed by atoms with van der Waals surface area (Å²) >= 11 is 0. The van der Waals surface area contributed by atoms with E-state index in [1.165, 1.54) is 6.92 Å². The van der Waals surface area contributed by atoms with Crippen LogP contribution in [-0.2, 0) is 0 Å². The number of aliphatic hydroxyl groups excluding tert-OH is 1. The lowest BCUT2D eigenvalue weighted by Crippen LogP contribution is -2.31. The van der Waals surface area contributed by atoms with Crippen LogP contribution in [-0.4, -0.2) is 28.8 Å². The molecule has 0 spiro atoms. The van der Waals surface area contributed by atoms with E-state index >= 15 is 0 Å². The average molecular weight is 249 g/mol. The molecule has 0 aliphatic heterocycles. The third kappa shape index (κ3) is 2.88. The van der Waals surface area contributed by atoms with Crippen LogP contribution in [0.25, 0.3) is 0 Å². The second kappa shape index (κ2) is 5.05. The van der Waals surface area contributed by atoms with Crippen LogP contribution in [0.5, 0.6) is 5.75 Å². The average Bonchev–Trinajstić information content (AvgIpc) is 2.28. The summed E-state index contributed by atoms with van der Waals surface area (Å²) in [6, 6.07) is 0.335. The number of phenolic OH excluding ortho intramolecular Hbond substituents is 1. The molecule has 0 radical (unpaired) electrons. The highest BCUT2D eigenvalue weighted by Crippen LogP contribution is 2.25. The summed E-state index contributed by atoms with van der Waals surface area (Å²) in [6.07, 6.45) is -0.874. The first kappa shape index (κ1) is 13.3. The fourth-order valence-electron chi connectivity index (χ4n) is 1.09. The number of nitrogens with one attached hydrogen (secondary N) is 1. The lowest BCUT2D eigenvalue weighted by atomic mass is 10.1. The summed E-state index contributed by atoms with van der Waals surface area (Å²) in [5.74, 6) is -7.45. The fourth-order valence-corrected chi connectivity index (χ4v) is 1.09. The number of benzene rings is 1. The Morgan fingerprint density at radius 2 is 2.00 bits per heavy atom. The number of halogens is 3. The molecule has 1 atom stereocenters. The molecule has 17 heavy (non-hydrogen) atoms. The van der Waals surface area contributed by atoms with Crippen molar-refractivity contribution < 1.29 is 28.2 Å². The highest BCUT2D eigenvalue weighted by molar-refractivity contribution is 5.94. The molecule has 0 aliphatic carbocycles. The van der Waals surface area contributed by atoms with Gasteiger partial charge in [0.1, 0.15) is 0 Å². The van der Waals surface area contributed by atoms with Crippen LogP contribution in [0.15, 0.2) is 6.07 Å². The second-order valence-electron chi connectivity index (χ2n) is 3.44. The molecule has 0 aromatic heterocycles. The molecule has 3 N–H and O–H groups in total. The first-order valence-electron chi connectivity index (χ1n) is 4.67. The summed E-state index contributed by atoms with van der Waals surface area (Å²) in [4.78, 5) is 11.3. The van der Waals surface area contributed by atoms with Crippen LogP contribution in [0, 0.1) is 17.5 Å². The van der Waals surface area contributed by atoms with E-state index < -0.39 is 40.8 Å². The van der Waals surface area contributed by atoms with Crippen LogP contribution in [0.3, 0.4) is 0 Å². The van der Waals surface area contributed by atoms with Crippen molar-refractivity contribution >= 4 is 5.91 Å². The number of hydrogen-bond donors (Lipinski definition) is 3. The van der Waals surface area contributed by atoms with Gasteiger partial charge >= 0.3 is 0 Å². The van der Waals surface area contributed by atoms with Crippen LogP contribution in [0.1, 0.15) is 17.3 Å². The van der Waals surface area contributed by atoms with Gasteiger partial charge in [0.05, 0.1) is 11.7 Å². The van der Waals surface area contributed by atoms with Gasteiger partial charge in [0.2, 0.25) is 5.82 Å². The van der Waals surface area contributed by atoms with Crippen LogP contribution < -0.4 is 5.32 Å². The van der Waals surface area contributed by atoms with Crippen molar-refractivity contribution in [2.75, 3.05) is 6.54 Å². The van der Waals surface area contributed by atoms with E-state index in [1.54, 1.807) is 0 Å². The number of carbonyl (C=O) groups excluding carboxylic acids is 1. The van der Waals surface area contributed by atoms with E-state index in [1.807, 2.05) is 0 Å². The third-order valence-corrected chi connectivity index (χ3v) is 1.94. The fraction of sp³-hybridized carbons (Fsp3) is 0.300. The number of aromatic hydroxyl groups is 1. The molecule has 0 saturated carbocycles. The lowest BCUT2D eigenvalue weighted by molar-refractivity contribution is 0.0918. The molecule has 1 rings (SSSR count). The van der Waals surface area contributed by atoms with Crippen molar-refractivity contribution in [1.29, 1.82) is 0 Å². The minimum Gasteiger partial charge on any atom is -0.503 e. The number of amides is 1. The molecule has 0 aliphatic rings. The number of rotatable bonds is 3. The zero-order valence-electron chi connectivity index (χ0n) is 8.80. The summed E-state index contributed by atoms with van der Waals surface area (Å²) < 4.78 is 38.8. The van der Waals surface area contributed by atoms with E-state index in [0.29, 0.717) is 6.07 Å². The molecule has 0 bridgehead atoms. The Labute approximate surface area is 94.7 Å². The molecule has 1 aromatic carbocycles. The maximum Gasteiger partial charge on any atom is 0.254 e. The van der Waals surface area contributed by atoms with Gasteiger partial charge < -0.3 is 15.5 Å². The van der Waals surface area contributed by atoms with Crippen LogP contribution >= 0.6 is 0 Å². The molecule has 1 amide bonds. The molecule has 0 fully saturated rings. The molecule has 94 valence electrons. The molecular weight excluding hydrogens is 239 g/mol. The van der Waals surface area contributed by atoms with Gasteiger partial charge in [0.25, 0.3) is 5.91 Å². The Kier molecular flexibility index (Phi) is 3.95. The Morgan fingerprint density at radius 1 is 1.41 bits per heavy atom. The molecule has 0 heterocycles. The zero-order chi connectivity index (χ0) is 13.2. The molecule has 0 unspecified atom stereocenters. The molecule has 1 aromatic rings. The van der Waals surface area contributed by atoms with E-state index in [2.05, 4.69) is 5.32 Å². The van der Waals surface area contributed by atoms with Crippen molar-refractivity contribution in [2.24, 2.45) is 0 Å². The van der Waals surface area contributed by atoms with E-state index in [0.717, 1.165) is 0 Å². The highest BCUT2D eigenvalue weighted by atomic mass is 19.2. The van der Waals surface area contributed by atoms with Crippen molar-refractivity contribution in [3.8, 4) is 5.75 Å². The minimum atomic E-state index is -1.76. The Morgan fingerprint density at radius 3 is 2.53 bits per heavy atom. The van der Waals surface area contributed by atoms with Gasteiger partial charge in [0, 0.05) is 6.54 Å². The quantitative estimate of drug-likeness (QED) is 0.698. The van der Waals surface area contributed by atoms with Gasteiger partial charge in [0.15, 0.2) is 17.4 Å². The van der Waals surface area contributed by atoms with Gasteiger partial charge in [-0.3, -0.25) is 4.79 Å². The lowest BCUT2D eigenvalue weighted by Gasteiger charge is -2.09. The monoisotopic (exact) mass is 249 g/mol. The number of phenols is 1. The maximum absolute atomic E-state index is 13.2. The van der Waals surface area contributed by atoms with E-state index in [4.69, 9.17) is 10.2 Å². The van der Waals surface area contributed by atoms with Crippen LogP contribution in [0.4, 0.5) is 13.2 Å². The highest BCUT2D eigenvalue weighted by Gasteiger charge is 2.22. The predicted octanol–water partition coefficient (Wildman–Crippen LogP) is 0.920. The summed E-state index contributed by atoms with van der Waals surface area (Å²) in [7, 11) is 0. The van der Waals surface area contributed by atoms with E-state index in [9.17, 15) is 18.0 Å². The molecular formula is C10H10F3NO3. The zero-order valence-corrected chi connectivity index (χ0v) is 8.80. The van der Waals surface area contributed by atoms with Crippen molar-refractivity contribution in [3.63, 3.8) is 0 Å². The molecule has 0 saturated heterocycles. The number of carbonyl (C=O) groups is 1. The van der Waals surface area contributed by atoms with Crippen molar-refractivity contribution in [2.45, 2.75) is 13.0 Å². The van der Waals surface area contributed by atoms with Crippen molar-refractivity contribution in [3.05, 3.63) is 29.1 Å². The SMILES string of the molecule is C[C@H](O)CNC(=O)c1cc(F)c(F)c(O)c1F. The number of aliphatic hydroxyl groups is 1. The van der Waals surface area contributed by atoms with Gasteiger partial charge in [-0.1, -0.05) is 0 Å². The second-order valence-corrected chi connectivity index (χ2v) is 3.44. The topological polar surface area (TPSA) is 69.6 Å². The van der Waals surface area contributed by atoms with Gasteiger partial charge in [-0.2, -0.15) is 4.39 Å². The predicted molar refractivity (Wildman–Crippen MR) is 52.0 cm³/mol. The first-order chi connectivity index (χ1) is 7.84. The number of hydrogen-bond acceptors (Lipinski definition) is 3. The smallest absolute Gasteiger partial charge is 0.254 e.